The van der Waals surface area contributed by atoms with E-state index >= 15 is 0 Å². The molecule has 4 rings (SSSR count). The topological polar surface area (TPSA) is 27.6 Å². The van der Waals surface area contributed by atoms with Gasteiger partial charge < -0.3 is 5.32 Å². The molecule has 1 atom stereocenters. The fourth-order valence-corrected chi connectivity index (χ4v) is 4.05. The molecule has 1 aliphatic heterocycles. The maximum atomic E-state index is 5.69. The Morgan fingerprint density at radius 1 is 1.08 bits per heavy atom. The van der Waals surface area contributed by atoms with E-state index in [9.17, 15) is 0 Å². The molecule has 2 heterocycles. The van der Waals surface area contributed by atoms with Crippen LogP contribution in [0.3, 0.4) is 0 Å². The van der Waals surface area contributed by atoms with Crippen LogP contribution in [-0.2, 0) is 0 Å². The number of para-hydroxylation sites is 1. The fourth-order valence-electron chi connectivity index (χ4n) is 3.04. The molecule has 0 unspecified atom stereocenters. The summed E-state index contributed by atoms with van der Waals surface area (Å²) in [6, 6.07) is 22.9. The fraction of sp³-hybridized carbons (Fsp3) is 0.143. The second-order valence-corrected chi connectivity index (χ2v) is 7.63. The van der Waals surface area contributed by atoms with Gasteiger partial charge in [0.05, 0.1) is 16.6 Å². The molecule has 1 N–H and O–H groups in total. The lowest BCUT2D eigenvalue weighted by molar-refractivity contribution is 0.375. The van der Waals surface area contributed by atoms with Gasteiger partial charge in [0.2, 0.25) is 0 Å². The molecular formula is C21H19N3S2. The number of nitrogens with one attached hydrogen (secondary N) is 1. The van der Waals surface area contributed by atoms with E-state index in [0.717, 1.165) is 17.8 Å². The van der Waals surface area contributed by atoms with E-state index in [1.165, 1.54) is 16.0 Å². The minimum atomic E-state index is 0.108. The number of aryl methyl sites for hydroxylation is 1. The molecule has 0 fully saturated rings. The number of nitrogens with zero attached hydrogens (tertiary/aromatic N) is 2. The third kappa shape index (κ3) is 3.54. The van der Waals surface area contributed by atoms with Crippen molar-refractivity contribution in [3.8, 4) is 0 Å². The van der Waals surface area contributed by atoms with Crippen LogP contribution in [0.5, 0.6) is 0 Å². The normalized spacial score (nSPS) is 16.4. The first-order valence-corrected chi connectivity index (χ1v) is 9.83. The van der Waals surface area contributed by atoms with Crippen LogP contribution in [0.1, 0.15) is 28.5 Å². The molecule has 1 aromatic heterocycles. The van der Waals surface area contributed by atoms with E-state index in [1.54, 1.807) is 11.3 Å². The smallest absolute Gasteiger partial charge is 0.194 e. The van der Waals surface area contributed by atoms with Crippen molar-refractivity contribution in [2.45, 2.75) is 19.4 Å². The van der Waals surface area contributed by atoms with Crippen molar-refractivity contribution in [2.24, 2.45) is 5.10 Å². The first-order valence-electron chi connectivity index (χ1n) is 8.54. The van der Waals surface area contributed by atoms with Gasteiger partial charge in [0, 0.05) is 12.1 Å². The molecule has 0 bridgehead atoms. The lowest BCUT2D eigenvalue weighted by atomic mass is 10.0. The van der Waals surface area contributed by atoms with Gasteiger partial charge in [-0.1, -0.05) is 54.1 Å². The highest BCUT2D eigenvalue weighted by Gasteiger charge is 2.31. The molecule has 3 aromatic rings. The Labute approximate surface area is 163 Å². The van der Waals surface area contributed by atoms with Crippen molar-refractivity contribution in [2.75, 3.05) is 5.32 Å². The highest BCUT2D eigenvalue weighted by molar-refractivity contribution is 7.80. The van der Waals surface area contributed by atoms with Crippen LogP contribution in [0.2, 0.25) is 0 Å². The highest BCUT2D eigenvalue weighted by Crippen LogP contribution is 2.34. The predicted octanol–water partition coefficient (Wildman–Crippen LogP) is 5.60. The summed E-state index contributed by atoms with van der Waals surface area (Å²) in [5, 5.41) is 12.8. The zero-order chi connectivity index (χ0) is 17.9. The van der Waals surface area contributed by atoms with Crippen LogP contribution in [0.15, 0.2) is 77.2 Å². The summed E-state index contributed by atoms with van der Waals surface area (Å²) >= 11 is 7.41. The third-order valence-electron chi connectivity index (χ3n) is 4.41. The molecule has 1 aliphatic rings. The number of hydrogen-bond acceptors (Lipinski definition) is 3. The number of anilines is 1. The van der Waals surface area contributed by atoms with Crippen LogP contribution in [0.4, 0.5) is 5.69 Å². The largest absolute Gasteiger partial charge is 0.331 e. The first kappa shape index (κ1) is 16.9. The SMILES string of the molecule is Cc1ccc([C@@H]2CC(c3cccs3)=NN2C(=S)Nc2ccccc2)cc1. The van der Waals surface area contributed by atoms with Gasteiger partial charge >= 0.3 is 0 Å². The second kappa shape index (κ2) is 7.40. The van der Waals surface area contributed by atoms with Gasteiger partial charge in [-0.25, -0.2) is 5.01 Å². The molecule has 0 saturated carbocycles. The second-order valence-electron chi connectivity index (χ2n) is 6.30. The lowest BCUT2D eigenvalue weighted by Crippen LogP contribution is -2.31. The quantitative estimate of drug-likeness (QED) is 0.602. The van der Waals surface area contributed by atoms with Gasteiger partial charge in [0.25, 0.3) is 0 Å². The van der Waals surface area contributed by atoms with Crippen molar-refractivity contribution < 1.29 is 0 Å². The van der Waals surface area contributed by atoms with Gasteiger partial charge in [0.1, 0.15) is 0 Å². The molecule has 5 heteroatoms. The van der Waals surface area contributed by atoms with E-state index < -0.39 is 0 Å². The molecule has 0 saturated heterocycles. The maximum Gasteiger partial charge on any atom is 0.194 e. The molecule has 130 valence electrons. The molecule has 0 radical (unpaired) electrons. The van der Waals surface area contributed by atoms with Gasteiger partial charge in [-0.2, -0.15) is 5.10 Å². The van der Waals surface area contributed by atoms with Crippen molar-refractivity contribution in [1.29, 1.82) is 0 Å². The Bertz CT molecular complexity index is 916. The summed E-state index contributed by atoms with van der Waals surface area (Å²) < 4.78 is 0. The van der Waals surface area contributed by atoms with Crippen molar-refractivity contribution in [3.63, 3.8) is 0 Å². The highest BCUT2D eigenvalue weighted by atomic mass is 32.1. The minimum absolute atomic E-state index is 0.108. The standard InChI is InChI=1S/C21H19N3S2/c1-15-9-11-16(12-10-15)19-14-18(20-8-5-13-26-20)23-24(19)21(25)22-17-6-3-2-4-7-17/h2-13,19H,14H2,1H3,(H,22,25)/t19-/m0/s1. The van der Waals surface area contributed by atoms with E-state index in [1.807, 2.05) is 35.3 Å². The summed E-state index contributed by atoms with van der Waals surface area (Å²) in [5.74, 6) is 0. The summed E-state index contributed by atoms with van der Waals surface area (Å²) in [6.07, 6.45) is 0.847. The van der Waals surface area contributed by atoms with Crippen LogP contribution in [0.25, 0.3) is 0 Å². The average Bonchev–Trinajstić information content (AvgIpc) is 3.33. The average molecular weight is 378 g/mol. The number of hydrogen-bond donors (Lipinski definition) is 1. The summed E-state index contributed by atoms with van der Waals surface area (Å²) in [4.78, 5) is 1.20. The maximum absolute atomic E-state index is 5.69. The van der Waals surface area contributed by atoms with Gasteiger partial charge in [-0.3, -0.25) is 0 Å². The summed E-state index contributed by atoms with van der Waals surface area (Å²) in [6.45, 7) is 2.10. The van der Waals surface area contributed by atoms with Crippen LogP contribution in [-0.4, -0.2) is 15.8 Å². The number of hydrazone groups is 1. The van der Waals surface area contributed by atoms with E-state index in [0.29, 0.717) is 5.11 Å². The number of thiocarbonyl (C=S) groups is 1. The molecule has 0 amide bonds. The number of thiophene rings is 1. The Morgan fingerprint density at radius 2 is 1.85 bits per heavy atom. The Kier molecular flexibility index (Phi) is 4.82. The lowest BCUT2D eigenvalue weighted by Gasteiger charge is -2.25. The Hall–Kier alpha value is -2.50. The van der Waals surface area contributed by atoms with E-state index in [-0.39, 0.29) is 6.04 Å². The minimum Gasteiger partial charge on any atom is -0.331 e. The molecular weight excluding hydrogens is 358 g/mol. The van der Waals surface area contributed by atoms with Gasteiger partial charge in [-0.05, 0) is 48.3 Å². The van der Waals surface area contributed by atoms with Gasteiger partial charge in [-0.15, -0.1) is 11.3 Å². The van der Waals surface area contributed by atoms with Crippen LogP contribution in [0, 0.1) is 6.92 Å². The Morgan fingerprint density at radius 3 is 2.54 bits per heavy atom. The molecule has 26 heavy (non-hydrogen) atoms. The number of benzene rings is 2. The zero-order valence-electron chi connectivity index (χ0n) is 14.4. The number of rotatable bonds is 3. The molecule has 0 aliphatic carbocycles. The Balaban J connectivity index is 1.64. The monoisotopic (exact) mass is 377 g/mol. The van der Waals surface area contributed by atoms with Crippen molar-refractivity contribution >= 4 is 40.1 Å². The molecule has 0 spiro atoms. The van der Waals surface area contributed by atoms with Crippen molar-refractivity contribution in [1.82, 2.24) is 5.01 Å². The molecule has 2 aromatic carbocycles. The zero-order valence-corrected chi connectivity index (χ0v) is 16.1. The van der Waals surface area contributed by atoms with E-state index in [2.05, 4.69) is 54.0 Å². The van der Waals surface area contributed by atoms with E-state index in [4.69, 9.17) is 17.3 Å². The van der Waals surface area contributed by atoms with Crippen molar-refractivity contribution in [3.05, 3.63) is 88.1 Å². The van der Waals surface area contributed by atoms with Gasteiger partial charge in [0.15, 0.2) is 5.11 Å². The predicted molar refractivity (Wildman–Crippen MR) is 114 cm³/mol. The third-order valence-corrected chi connectivity index (χ3v) is 5.62. The first-order chi connectivity index (χ1) is 12.7. The molecule has 3 nitrogen and oxygen atoms in total. The van der Waals surface area contributed by atoms with Crippen LogP contribution >= 0.6 is 23.6 Å². The summed E-state index contributed by atoms with van der Waals surface area (Å²) in [5.41, 5.74) is 4.54. The summed E-state index contributed by atoms with van der Waals surface area (Å²) in [7, 11) is 0. The van der Waals surface area contributed by atoms with Crippen LogP contribution < -0.4 is 5.32 Å².